The lowest BCUT2D eigenvalue weighted by Gasteiger charge is -2.06. The SMILES string of the molecule is N#Cc1ccccc1C(=O)Nc1cnc(-n2cccn2)[nH]c1=O. The van der Waals surface area contributed by atoms with E-state index in [1.165, 1.54) is 23.0 Å². The minimum Gasteiger partial charge on any atom is -0.316 e. The first-order valence-corrected chi connectivity index (χ1v) is 6.59. The molecule has 2 N–H and O–H groups in total. The van der Waals surface area contributed by atoms with Crippen LogP contribution in [0, 0.1) is 11.3 Å². The van der Waals surface area contributed by atoms with Crippen molar-refractivity contribution >= 4 is 11.6 Å². The van der Waals surface area contributed by atoms with Crippen LogP contribution >= 0.6 is 0 Å². The van der Waals surface area contributed by atoms with Crippen molar-refractivity contribution in [3.05, 3.63) is 70.4 Å². The molecule has 0 fully saturated rings. The zero-order valence-electron chi connectivity index (χ0n) is 11.7. The van der Waals surface area contributed by atoms with Gasteiger partial charge in [0.25, 0.3) is 11.5 Å². The molecule has 1 amide bonds. The van der Waals surface area contributed by atoms with E-state index in [0.717, 1.165) is 0 Å². The summed E-state index contributed by atoms with van der Waals surface area (Å²) in [4.78, 5) is 30.8. The molecule has 8 nitrogen and oxygen atoms in total. The fraction of sp³-hybridized carbons (Fsp3) is 0. The van der Waals surface area contributed by atoms with Crippen LogP contribution in [0.3, 0.4) is 0 Å². The van der Waals surface area contributed by atoms with Crippen molar-refractivity contribution in [3.8, 4) is 12.0 Å². The molecule has 2 heterocycles. The van der Waals surface area contributed by atoms with Crippen molar-refractivity contribution < 1.29 is 4.79 Å². The molecule has 0 saturated heterocycles. The van der Waals surface area contributed by atoms with Crippen LogP contribution in [0.5, 0.6) is 0 Å². The van der Waals surface area contributed by atoms with Crippen molar-refractivity contribution in [2.45, 2.75) is 0 Å². The summed E-state index contributed by atoms with van der Waals surface area (Å²) in [5.41, 5.74) is -0.125. The zero-order chi connectivity index (χ0) is 16.2. The Balaban J connectivity index is 1.88. The second kappa shape index (κ2) is 5.95. The number of benzene rings is 1. The van der Waals surface area contributed by atoms with E-state index in [2.05, 4.69) is 20.4 Å². The molecule has 3 rings (SSSR count). The number of amides is 1. The number of carbonyl (C=O) groups excluding carboxylic acids is 1. The Labute approximate surface area is 130 Å². The number of nitriles is 1. The molecule has 0 aliphatic heterocycles. The molecule has 0 radical (unpaired) electrons. The molecule has 0 atom stereocenters. The predicted molar refractivity (Wildman–Crippen MR) is 81.1 cm³/mol. The number of hydrogen-bond acceptors (Lipinski definition) is 5. The first-order chi connectivity index (χ1) is 11.2. The fourth-order valence-electron chi connectivity index (χ4n) is 1.95. The summed E-state index contributed by atoms with van der Waals surface area (Å²) in [5, 5.41) is 15.4. The summed E-state index contributed by atoms with van der Waals surface area (Å²) in [5.74, 6) is -0.322. The standard InChI is InChI=1S/C15H10N6O2/c16-8-10-4-1-2-5-11(10)13(22)19-12-9-17-15(20-14(12)23)21-7-3-6-18-21/h1-7,9H,(H,19,22)(H,17,20,23). The van der Waals surface area contributed by atoms with Crippen LogP contribution in [0.25, 0.3) is 5.95 Å². The van der Waals surface area contributed by atoms with Gasteiger partial charge in [-0.3, -0.25) is 14.6 Å². The summed E-state index contributed by atoms with van der Waals surface area (Å²) in [7, 11) is 0. The maximum atomic E-state index is 12.2. The highest BCUT2D eigenvalue weighted by molar-refractivity contribution is 6.05. The number of hydrogen-bond donors (Lipinski definition) is 2. The monoisotopic (exact) mass is 306 g/mol. The Hall–Kier alpha value is -3.73. The lowest BCUT2D eigenvalue weighted by atomic mass is 10.1. The summed E-state index contributed by atoms with van der Waals surface area (Å²) < 4.78 is 1.39. The van der Waals surface area contributed by atoms with Gasteiger partial charge in [0.1, 0.15) is 5.69 Å². The highest BCUT2D eigenvalue weighted by Crippen LogP contribution is 2.09. The molecule has 0 spiro atoms. The molecular formula is C15H10N6O2. The highest BCUT2D eigenvalue weighted by Gasteiger charge is 2.13. The Morgan fingerprint density at radius 1 is 1.30 bits per heavy atom. The minimum atomic E-state index is -0.554. The van der Waals surface area contributed by atoms with E-state index in [0.29, 0.717) is 0 Å². The van der Waals surface area contributed by atoms with Gasteiger partial charge in [-0.15, -0.1) is 0 Å². The maximum absolute atomic E-state index is 12.2. The lowest BCUT2D eigenvalue weighted by molar-refractivity contribution is 0.102. The number of H-pyrrole nitrogens is 1. The summed E-state index contributed by atoms with van der Waals surface area (Å²) in [6, 6.07) is 9.95. The van der Waals surface area contributed by atoms with Gasteiger partial charge in [0.2, 0.25) is 5.95 Å². The number of nitrogens with zero attached hydrogens (tertiary/aromatic N) is 4. The summed E-state index contributed by atoms with van der Waals surface area (Å²) >= 11 is 0. The molecule has 23 heavy (non-hydrogen) atoms. The Bertz CT molecular complexity index is 953. The third-order valence-corrected chi connectivity index (χ3v) is 3.05. The van der Waals surface area contributed by atoms with Gasteiger partial charge in [-0.1, -0.05) is 12.1 Å². The topological polar surface area (TPSA) is 116 Å². The van der Waals surface area contributed by atoms with Gasteiger partial charge in [0.15, 0.2) is 0 Å². The van der Waals surface area contributed by atoms with Crippen molar-refractivity contribution in [1.82, 2.24) is 19.7 Å². The Morgan fingerprint density at radius 3 is 2.83 bits per heavy atom. The van der Waals surface area contributed by atoms with E-state index >= 15 is 0 Å². The average molecular weight is 306 g/mol. The second-order valence-corrected chi connectivity index (χ2v) is 4.51. The molecule has 1 aromatic carbocycles. The second-order valence-electron chi connectivity index (χ2n) is 4.51. The zero-order valence-corrected chi connectivity index (χ0v) is 11.7. The molecule has 112 valence electrons. The van der Waals surface area contributed by atoms with Crippen molar-refractivity contribution in [2.24, 2.45) is 0 Å². The van der Waals surface area contributed by atoms with Gasteiger partial charge >= 0.3 is 0 Å². The van der Waals surface area contributed by atoms with E-state index < -0.39 is 11.5 Å². The van der Waals surface area contributed by atoms with E-state index in [1.807, 2.05) is 6.07 Å². The lowest BCUT2D eigenvalue weighted by Crippen LogP contribution is -2.22. The fourth-order valence-corrected chi connectivity index (χ4v) is 1.95. The minimum absolute atomic E-state index is 0.0151. The number of nitrogens with one attached hydrogen (secondary N) is 2. The number of aromatic amines is 1. The van der Waals surface area contributed by atoms with Gasteiger partial charge < -0.3 is 5.32 Å². The largest absolute Gasteiger partial charge is 0.316 e. The molecule has 0 saturated carbocycles. The maximum Gasteiger partial charge on any atom is 0.276 e. The highest BCUT2D eigenvalue weighted by atomic mass is 16.2. The molecular weight excluding hydrogens is 296 g/mol. The van der Waals surface area contributed by atoms with E-state index in [9.17, 15) is 9.59 Å². The van der Waals surface area contributed by atoms with Crippen LogP contribution in [-0.4, -0.2) is 25.7 Å². The van der Waals surface area contributed by atoms with Gasteiger partial charge in [-0.25, -0.2) is 9.67 Å². The van der Waals surface area contributed by atoms with Gasteiger partial charge in [0.05, 0.1) is 23.4 Å². The molecule has 0 bridgehead atoms. The normalized spacial score (nSPS) is 10.0. The molecule has 2 aromatic heterocycles. The molecule has 0 aliphatic carbocycles. The smallest absolute Gasteiger partial charge is 0.276 e. The quantitative estimate of drug-likeness (QED) is 0.751. The molecule has 3 aromatic rings. The van der Waals surface area contributed by atoms with Crippen LogP contribution in [-0.2, 0) is 0 Å². The number of carbonyl (C=O) groups is 1. The number of rotatable bonds is 3. The van der Waals surface area contributed by atoms with Crippen LogP contribution in [0.15, 0.2) is 53.7 Å². The van der Waals surface area contributed by atoms with Gasteiger partial charge in [0, 0.05) is 12.4 Å². The molecule has 0 unspecified atom stereocenters. The van der Waals surface area contributed by atoms with Crippen LogP contribution in [0.1, 0.15) is 15.9 Å². The number of aromatic nitrogens is 4. The van der Waals surface area contributed by atoms with E-state index in [-0.39, 0.29) is 22.8 Å². The first kappa shape index (κ1) is 14.2. The first-order valence-electron chi connectivity index (χ1n) is 6.59. The Kier molecular flexibility index (Phi) is 3.68. The van der Waals surface area contributed by atoms with E-state index in [1.54, 1.807) is 30.6 Å². The molecule has 0 aliphatic rings. The molecule has 8 heteroatoms. The third kappa shape index (κ3) is 2.84. The summed E-state index contributed by atoms with van der Waals surface area (Å²) in [6.45, 7) is 0. The van der Waals surface area contributed by atoms with Gasteiger partial charge in [-0.05, 0) is 18.2 Å². The van der Waals surface area contributed by atoms with Gasteiger partial charge in [-0.2, -0.15) is 10.4 Å². The third-order valence-electron chi connectivity index (χ3n) is 3.05. The predicted octanol–water partition coefficient (Wildman–Crippen LogP) is 1.08. The van der Waals surface area contributed by atoms with Crippen molar-refractivity contribution in [1.29, 1.82) is 5.26 Å². The number of anilines is 1. The van der Waals surface area contributed by atoms with Crippen molar-refractivity contribution in [3.63, 3.8) is 0 Å². The summed E-state index contributed by atoms with van der Waals surface area (Å²) in [6.07, 6.45) is 4.41. The van der Waals surface area contributed by atoms with Crippen LogP contribution in [0.4, 0.5) is 5.69 Å². The van der Waals surface area contributed by atoms with Crippen LogP contribution < -0.4 is 10.9 Å². The van der Waals surface area contributed by atoms with Crippen molar-refractivity contribution in [2.75, 3.05) is 5.32 Å². The van der Waals surface area contributed by atoms with Crippen LogP contribution in [0.2, 0.25) is 0 Å². The average Bonchev–Trinajstić information content (AvgIpc) is 3.11. The van der Waals surface area contributed by atoms with E-state index in [4.69, 9.17) is 5.26 Å². The Morgan fingerprint density at radius 2 is 2.13 bits per heavy atom.